The first kappa shape index (κ1) is 21.3. The Bertz CT molecular complexity index is 726. The number of guanidine groups is 1. The lowest BCUT2D eigenvalue weighted by Gasteiger charge is -2.21. The Kier molecular flexibility index (Phi) is 9.00. The molecule has 0 radical (unpaired) electrons. The highest BCUT2D eigenvalue weighted by atomic mass is 16.5. The van der Waals surface area contributed by atoms with Crippen LogP contribution in [0.4, 0.5) is 0 Å². The summed E-state index contributed by atoms with van der Waals surface area (Å²) in [6.45, 7) is 7.58. The van der Waals surface area contributed by atoms with E-state index < -0.39 is 0 Å². The molecule has 1 aromatic heterocycles. The molecule has 1 aliphatic rings. The van der Waals surface area contributed by atoms with Gasteiger partial charge in [0, 0.05) is 39.5 Å². The van der Waals surface area contributed by atoms with Gasteiger partial charge in [-0.25, -0.2) is 9.98 Å². The van der Waals surface area contributed by atoms with Crippen molar-refractivity contribution in [2.75, 3.05) is 39.5 Å². The number of nitrogens with zero attached hydrogens (tertiary/aromatic N) is 2. The van der Waals surface area contributed by atoms with Crippen molar-refractivity contribution >= 4 is 5.96 Å². The van der Waals surface area contributed by atoms with Gasteiger partial charge in [0.2, 0.25) is 0 Å². The van der Waals surface area contributed by atoms with Gasteiger partial charge in [-0.3, -0.25) is 0 Å². The molecule has 2 aromatic rings. The fourth-order valence-corrected chi connectivity index (χ4v) is 3.25. The number of H-pyrrole nitrogens is 1. The van der Waals surface area contributed by atoms with Gasteiger partial charge in [-0.1, -0.05) is 30.3 Å². The second-order valence-corrected chi connectivity index (χ2v) is 7.22. The third-order valence-corrected chi connectivity index (χ3v) is 4.90. The van der Waals surface area contributed by atoms with Crippen LogP contribution in [-0.4, -0.2) is 55.4 Å². The lowest BCUT2D eigenvalue weighted by Crippen LogP contribution is -2.38. The zero-order valence-corrected chi connectivity index (χ0v) is 17.3. The van der Waals surface area contributed by atoms with E-state index in [0.717, 1.165) is 81.8 Å². The van der Waals surface area contributed by atoms with Crippen molar-refractivity contribution in [2.24, 2.45) is 10.9 Å². The second-order valence-electron chi connectivity index (χ2n) is 7.22. The van der Waals surface area contributed by atoms with Crippen molar-refractivity contribution in [3.05, 3.63) is 42.4 Å². The molecule has 1 saturated heterocycles. The SMILES string of the molecule is CCNC(=NCc1ncc(-c2ccccc2)[nH]1)NCCCOCC1CCOCC1. The van der Waals surface area contributed by atoms with Crippen molar-refractivity contribution in [1.82, 2.24) is 20.6 Å². The molecule has 0 spiro atoms. The van der Waals surface area contributed by atoms with E-state index in [1.54, 1.807) is 0 Å². The number of aliphatic imine (C=N–C) groups is 1. The highest BCUT2D eigenvalue weighted by Crippen LogP contribution is 2.16. The molecule has 0 amide bonds. The van der Waals surface area contributed by atoms with Crippen LogP contribution in [-0.2, 0) is 16.0 Å². The summed E-state index contributed by atoms with van der Waals surface area (Å²) in [5.74, 6) is 2.31. The number of ether oxygens (including phenoxy) is 2. The Morgan fingerprint density at radius 3 is 2.86 bits per heavy atom. The second kappa shape index (κ2) is 12.2. The van der Waals surface area contributed by atoms with Crippen LogP contribution in [0, 0.1) is 5.92 Å². The average Bonchev–Trinajstić information content (AvgIpc) is 3.25. The lowest BCUT2D eigenvalue weighted by atomic mass is 10.0. The van der Waals surface area contributed by atoms with Gasteiger partial charge in [0.15, 0.2) is 5.96 Å². The van der Waals surface area contributed by atoms with Gasteiger partial charge < -0.3 is 25.1 Å². The van der Waals surface area contributed by atoms with Gasteiger partial charge in [-0.2, -0.15) is 0 Å². The fourth-order valence-electron chi connectivity index (χ4n) is 3.25. The lowest BCUT2D eigenvalue weighted by molar-refractivity contribution is 0.0203. The van der Waals surface area contributed by atoms with Crippen LogP contribution in [0.2, 0.25) is 0 Å². The van der Waals surface area contributed by atoms with Gasteiger partial charge in [-0.15, -0.1) is 0 Å². The molecule has 1 aliphatic heterocycles. The van der Waals surface area contributed by atoms with Crippen LogP contribution in [0.15, 0.2) is 41.5 Å². The summed E-state index contributed by atoms with van der Waals surface area (Å²) in [5, 5.41) is 6.64. The minimum Gasteiger partial charge on any atom is -0.381 e. The number of rotatable bonds is 10. The van der Waals surface area contributed by atoms with E-state index in [4.69, 9.17) is 9.47 Å². The maximum atomic E-state index is 5.82. The molecular formula is C22H33N5O2. The van der Waals surface area contributed by atoms with Crippen LogP contribution in [0.1, 0.15) is 32.0 Å². The van der Waals surface area contributed by atoms with E-state index in [1.165, 1.54) is 0 Å². The van der Waals surface area contributed by atoms with Crippen molar-refractivity contribution < 1.29 is 9.47 Å². The van der Waals surface area contributed by atoms with E-state index >= 15 is 0 Å². The largest absolute Gasteiger partial charge is 0.381 e. The molecule has 1 fully saturated rings. The van der Waals surface area contributed by atoms with Crippen molar-refractivity contribution in [3.8, 4) is 11.3 Å². The normalized spacial score (nSPS) is 15.4. The van der Waals surface area contributed by atoms with E-state index in [2.05, 4.69) is 44.7 Å². The Hall–Kier alpha value is -2.38. The van der Waals surface area contributed by atoms with Gasteiger partial charge in [-0.05, 0) is 37.7 Å². The third-order valence-electron chi connectivity index (χ3n) is 4.90. The molecule has 0 bridgehead atoms. The summed E-state index contributed by atoms with van der Waals surface area (Å²) in [5.41, 5.74) is 2.14. The van der Waals surface area contributed by atoms with E-state index in [1.807, 2.05) is 24.4 Å². The van der Waals surface area contributed by atoms with Crippen LogP contribution >= 0.6 is 0 Å². The predicted octanol–water partition coefficient (Wildman–Crippen LogP) is 2.97. The quantitative estimate of drug-likeness (QED) is 0.325. The van der Waals surface area contributed by atoms with Crippen LogP contribution < -0.4 is 10.6 Å². The molecule has 0 unspecified atom stereocenters. The predicted molar refractivity (Wildman–Crippen MR) is 116 cm³/mol. The van der Waals surface area contributed by atoms with E-state index in [-0.39, 0.29) is 0 Å². The van der Waals surface area contributed by atoms with Crippen LogP contribution in [0.25, 0.3) is 11.3 Å². The highest BCUT2D eigenvalue weighted by Gasteiger charge is 2.13. The fraction of sp³-hybridized carbons (Fsp3) is 0.545. The van der Waals surface area contributed by atoms with Crippen molar-refractivity contribution in [3.63, 3.8) is 0 Å². The number of hydrogen-bond donors (Lipinski definition) is 3. The minimum absolute atomic E-state index is 0.502. The summed E-state index contributed by atoms with van der Waals surface area (Å²) in [4.78, 5) is 12.4. The Morgan fingerprint density at radius 1 is 1.24 bits per heavy atom. The van der Waals surface area contributed by atoms with E-state index in [9.17, 15) is 0 Å². The Morgan fingerprint density at radius 2 is 2.07 bits per heavy atom. The summed E-state index contributed by atoms with van der Waals surface area (Å²) in [6, 6.07) is 10.2. The third kappa shape index (κ3) is 7.51. The molecule has 7 nitrogen and oxygen atoms in total. The number of imidazole rings is 1. The maximum absolute atomic E-state index is 5.82. The minimum atomic E-state index is 0.502. The maximum Gasteiger partial charge on any atom is 0.191 e. The van der Waals surface area contributed by atoms with Crippen LogP contribution in [0.3, 0.4) is 0 Å². The first-order chi connectivity index (χ1) is 14.3. The topological polar surface area (TPSA) is 83.6 Å². The Balaban J connectivity index is 1.37. The van der Waals surface area contributed by atoms with E-state index in [0.29, 0.717) is 12.5 Å². The summed E-state index contributed by atoms with van der Waals surface area (Å²) in [7, 11) is 0. The zero-order valence-electron chi connectivity index (χ0n) is 17.3. The van der Waals surface area contributed by atoms with Gasteiger partial charge >= 0.3 is 0 Å². The van der Waals surface area contributed by atoms with Gasteiger partial charge in [0.25, 0.3) is 0 Å². The molecule has 2 heterocycles. The molecule has 0 atom stereocenters. The smallest absolute Gasteiger partial charge is 0.191 e. The molecular weight excluding hydrogens is 366 g/mol. The molecule has 158 valence electrons. The highest BCUT2D eigenvalue weighted by molar-refractivity contribution is 5.79. The number of aromatic amines is 1. The summed E-state index contributed by atoms with van der Waals surface area (Å²) in [6.07, 6.45) is 5.05. The summed E-state index contributed by atoms with van der Waals surface area (Å²) < 4.78 is 11.2. The molecule has 0 saturated carbocycles. The monoisotopic (exact) mass is 399 g/mol. The molecule has 7 heteroatoms. The molecule has 0 aliphatic carbocycles. The zero-order chi connectivity index (χ0) is 20.2. The molecule has 3 rings (SSSR count). The summed E-state index contributed by atoms with van der Waals surface area (Å²) >= 11 is 0. The number of benzene rings is 1. The molecule has 1 aromatic carbocycles. The molecule has 29 heavy (non-hydrogen) atoms. The first-order valence-corrected chi connectivity index (χ1v) is 10.6. The standard InChI is InChI=1S/C22H33N5O2/c1-2-23-22(24-11-6-12-29-17-18-9-13-28-14-10-18)26-16-21-25-15-20(27-21)19-7-4-3-5-8-19/h3-5,7-8,15,18H,2,6,9-14,16-17H2,1H3,(H,25,27)(H2,23,24,26). The number of hydrogen-bond acceptors (Lipinski definition) is 4. The number of nitrogens with one attached hydrogen (secondary N) is 3. The van der Waals surface area contributed by atoms with Crippen LogP contribution in [0.5, 0.6) is 0 Å². The van der Waals surface area contributed by atoms with Gasteiger partial charge in [0.05, 0.1) is 11.9 Å². The number of aromatic nitrogens is 2. The first-order valence-electron chi connectivity index (χ1n) is 10.6. The Labute approximate surface area is 173 Å². The van der Waals surface area contributed by atoms with Gasteiger partial charge in [0.1, 0.15) is 12.4 Å². The van der Waals surface area contributed by atoms with Crippen molar-refractivity contribution in [2.45, 2.75) is 32.7 Å². The molecule has 3 N–H and O–H groups in total. The van der Waals surface area contributed by atoms with Crippen molar-refractivity contribution in [1.29, 1.82) is 0 Å². The average molecular weight is 400 g/mol.